The van der Waals surface area contributed by atoms with E-state index in [0.717, 1.165) is 6.54 Å². The third-order valence-electron chi connectivity index (χ3n) is 4.62. The number of likely N-dealkylation sites (N-methyl/N-ethyl adjacent to an activating group) is 1. The monoisotopic (exact) mass is 440 g/mol. The SMILES string of the molecule is CNCCNc1ncc2c(n1)c(Nc1ccc(F)c(Cl)c1)nc1cc(C(=O)O)ccc12. The van der Waals surface area contributed by atoms with Crippen LogP contribution in [0, 0.1) is 5.82 Å². The third kappa shape index (κ3) is 4.32. The van der Waals surface area contributed by atoms with Gasteiger partial charge in [-0.2, -0.15) is 0 Å². The Hall–Kier alpha value is -3.56. The van der Waals surface area contributed by atoms with Gasteiger partial charge >= 0.3 is 5.97 Å². The van der Waals surface area contributed by atoms with Gasteiger partial charge in [0.25, 0.3) is 0 Å². The minimum absolute atomic E-state index is 0.0349. The number of nitrogens with zero attached hydrogens (tertiary/aromatic N) is 3. The molecule has 0 aliphatic carbocycles. The maximum absolute atomic E-state index is 13.6. The molecule has 2 aromatic carbocycles. The van der Waals surface area contributed by atoms with Crippen molar-refractivity contribution in [3.8, 4) is 0 Å². The molecule has 31 heavy (non-hydrogen) atoms. The van der Waals surface area contributed by atoms with Crippen molar-refractivity contribution in [3.05, 3.63) is 59.0 Å². The summed E-state index contributed by atoms with van der Waals surface area (Å²) in [5.41, 5.74) is 1.61. The summed E-state index contributed by atoms with van der Waals surface area (Å²) in [6.07, 6.45) is 1.66. The standard InChI is InChI=1S/C21H18ClFN6O2/c1-24-6-7-25-21-26-10-14-13-4-2-11(20(30)31)8-17(13)28-19(18(14)29-21)27-12-3-5-16(23)15(22)9-12/h2-5,8-10,24H,6-7H2,1H3,(H,27,28)(H,30,31)(H,25,26,29). The number of rotatable bonds is 7. The summed E-state index contributed by atoms with van der Waals surface area (Å²) in [6.45, 7) is 1.36. The molecular formula is C21H18ClFN6O2. The lowest BCUT2D eigenvalue weighted by Crippen LogP contribution is -2.18. The van der Waals surface area contributed by atoms with Crippen molar-refractivity contribution >= 4 is 56.8 Å². The van der Waals surface area contributed by atoms with Crippen molar-refractivity contribution in [1.29, 1.82) is 0 Å². The van der Waals surface area contributed by atoms with Gasteiger partial charge in [0.1, 0.15) is 11.3 Å². The number of hydrogen-bond acceptors (Lipinski definition) is 7. The van der Waals surface area contributed by atoms with E-state index in [1.807, 2.05) is 7.05 Å². The summed E-state index contributed by atoms with van der Waals surface area (Å²) < 4.78 is 13.6. The summed E-state index contributed by atoms with van der Waals surface area (Å²) in [7, 11) is 1.85. The van der Waals surface area contributed by atoms with E-state index in [1.54, 1.807) is 12.3 Å². The normalized spacial score (nSPS) is 11.1. The Labute approximate surface area is 181 Å². The third-order valence-corrected chi connectivity index (χ3v) is 4.91. The molecule has 4 N–H and O–H groups in total. The molecule has 0 radical (unpaired) electrons. The molecule has 158 valence electrons. The second-order valence-electron chi connectivity index (χ2n) is 6.74. The molecule has 0 aliphatic heterocycles. The molecule has 10 heteroatoms. The second kappa shape index (κ2) is 8.66. The Kier molecular flexibility index (Phi) is 5.79. The first-order valence-electron chi connectivity index (χ1n) is 9.40. The predicted molar refractivity (Wildman–Crippen MR) is 119 cm³/mol. The molecule has 0 saturated heterocycles. The van der Waals surface area contributed by atoms with E-state index < -0.39 is 11.8 Å². The van der Waals surface area contributed by atoms with E-state index in [4.69, 9.17) is 11.6 Å². The number of nitrogens with one attached hydrogen (secondary N) is 3. The lowest BCUT2D eigenvalue weighted by molar-refractivity contribution is 0.0697. The topological polar surface area (TPSA) is 112 Å². The zero-order valence-electron chi connectivity index (χ0n) is 16.4. The Bertz CT molecular complexity index is 1300. The molecule has 0 saturated carbocycles. The van der Waals surface area contributed by atoms with Crippen molar-refractivity contribution < 1.29 is 14.3 Å². The lowest BCUT2D eigenvalue weighted by Gasteiger charge is -2.13. The fourth-order valence-electron chi connectivity index (χ4n) is 3.10. The van der Waals surface area contributed by atoms with Crippen molar-refractivity contribution in [2.75, 3.05) is 30.8 Å². The molecular weight excluding hydrogens is 423 g/mol. The van der Waals surface area contributed by atoms with E-state index in [2.05, 4.69) is 30.9 Å². The van der Waals surface area contributed by atoms with E-state index in [1.165, 1.54) is 30.3 Å². The maximum atomic E-state index is 13.6. The number of hydrogen-bond donors (Lipinski definition) is 4. The molecule has 4 rings (SSSR count). The molecule has 4 aromatic rings. The number of anilines is 3. The fourth-order valence-corrected chi connectivity index (χ4v) is 3.28. The molecule has 8 nitrogen and oxygen atoms in total. The van der Waals surface area contributed by atoms with Crippen LogP contribution < -0.4 is 16.0 Å². The number of halogens is 2. The summed E-state index contributed by atoms with van der Waals surface area (Å²) in [6, 6.07) is 8.90. The quantitative estimate of drug-likeness (QED) is 0.251. The molecule has 2 heterocycles. The van der Waals surface area contributed by atoms with Gasteiger partial charge in [-0.15, -0.1) is 0 Å². The van der Waals surface area contributed by atoms with Crippen LogP contribution in [0.4, 0.5) is 21.8 Å². The van der Waals surface area contributed by atoms with Crippen LogP contribution in [0.25, 0.3) is 21.8 Å². The number of carbonyl (C=O) groups is 1. The molecule has 0 amide bonds. The minimum Gasteiger partial charge on any atom is -0.478 e. The first-order chi connectivity index (χ1) is 15.0. The van der Waals surface area contributed by atoms with Crippen LogP contribution in [-0.4, -0.2) is 46.2 Å². The first-order valence-corrected chi connectivity index (χ1v) is 9.78. The summed E-state index contributed by atoms with van der Waals surface area (Å²) in [5, 5.41) is 20.0. The zero-order valence-corrected chi connectivity index (χ0v) is 17.2. The van der Waals surface area contributed by atoms with E-state index >= 15 is 0 Å². The average Bonchev–Trinajstić information content (AvgIpc) is 2.76. The van der Waals surface area contributed by atoms with Crippen LogP contribution in [0.2, 0.25) is 5.02 Å². The lowest BCUT2D eigenvalue weighted by atomic mass is 10.1. The number of carboxylic acid groups (broad SMARTS) is 1. The summed E-state index contributed by atoms with van der Waals surface area (Å²) in [5.74, 6) is -0.796. The van der Waals surface area contributed by atoms with Gasteiger partial charge in [0.05, 0.1) is 16.1 Å². The van der Waals surface area contributed by atoms with Gasteiger partial charge in [0.15, 0.2) is 5.82 Å². The summed E-state index contributed by atoms with van der Waals surface area (Å²) >= 11 is 5.90. The van der Waals surface area contributed by atoms with Crippen molar-refractivity contribution in [3.63, 3.8) is 0 Å². The van der Waals surface area contributed by atoms with Crippen molar-refractivity contribution in [2.24, 2.45) is 0 Å². The van der Waals surface area contributed by atoms with Crippen LogP contribution in [0.5, 0.6) is 0 Å². The number of aromatic carboxylic acids is 1. The average molecular weight is 441 g/mol. The predicted octanol–water partition coefficient (Wildman–Crippen LogP) is 4.04. The highest BCUT2D eigenvalue weighted by molar-refractivity contribution is 6.31. The smallest absolute Gasteiger partial charge is 0.335 e. The van der Waals surface area contributed by atoms with Gasteiger partial charge in [0, 0.05) is 35.7 Å². The molecule has 0 fully saturated rings. The highest BCUT2D eigenvalue weighted by atomic mass is 35.5. The Balaban J connectivity index is 1.87. The van der Waals surface area contributed by atoms with E-state index in [9.17, 15) is 14.3 Å². The summed E-state index contributed by atoms with van der Waals surface area (Å²) in [4.78, 5) is 24.9. The van der Waals surface area contributed by atoms with E-state index in [-0.39, 0.29) is 10.6 Å². The van der Waals surface area contributed by atoms with Crippen molar-refractivity contribution in [2.45, 2.75) is 0 Å². The van der Waals surface area contributed by atoms with Gasteiger partial charge < -0.3 is 21.1 Å². The zero-order chi connectivity index (χ0) is 22.0. The van der Waals surface area contributed by atoms with E-state index in [0.29, 0.717) is 45.8 Å². The van der Waals surface area contributed by atoms with Gasteiger partial charge in [0.2, 0.25) is 5.95 Å². The molecule has 0 atom stereocenters. The number of benzene rings is 2. The number of carboxylic acids is 1. The Morgan fingerprint density at radius 2 is 1.97 bits per heavy atom. The van der Waals surface area contributed by atoms with Crippen LogP contribution in [-0.2, 0) is 0 Å². The van der Waals surface area contributed by atoms with Crippen LogP contribution in [0.1, 0.15) is 10.4 Å². The molecule has 0 unspecified atom stereocenters. The highest BCUT2D eigenvalue weighted by Crippen LogP contribution is 2.31. The van der Waals surface area contributed by atoms with Crippen molar-refractivity contribution in [1.82, 2.24) is 20.3 Å². The number of pyridine rings is 1. The van der Waals surface area contributed by atoms with Crippen LogP contribution >= 0.6 is 11.6 Å². The molecule has 0 spiro atoms. The van der Waals surface area contributed by atoms with Crippen LogP contribution in [0.15, 0.2) is 42.6 Å². The first kappa shape index (κ1) is 20.7. The minimum atomic E-state index is -1.05. The van der Waals surface area contributed by atoms with Gasteiger partial charge in [-0.05, 0) is 37.4 Å². The largest absolute Gasteiger partial charge is 0.478 e. The number of aromatic nitrogens is 3. The second-order valence-corrected chi connectivity index (χ2v) is 7.14. The van der Waals surface area contributed by atoms with Gasteiger partial charge in [-0.25, -0.2) is 24.1 Å². The number of fused-ring (bicyclic) bond motifs is 3. The highest BCUT2D eigenvalue weighted by Gasteiger charge is 2.14. The Morgan fingerprint density at radius 1 is 1.13 bits per heavy atom. The molecule has 2 aromatic heterocycles. The Morgan fingerprint density at radius 3 is 2.71 bits per heavy atom. The fraction of sp³-hybridized carbons (Fsp3) is 0.143. The molecule has 0 bridgehead atoms. The molecule has 0 aliphatic rings. The van der Waals surface area contributed by atoms with Gasteiger partial charge in [-0.3, -0.25) is 0 Å². The van der Waals surface area contributed by atoms with Crippen LogP contribution in [0.3, 0.4) is 0 Å². The maximum Gasteiger partial charge on any atom is 0.335 e. The van der Waals surface area contributed by atoms with Gasteiger partial charge in [-0.1, -0.05) is 17.7 Å².